The number of rotatable bonds is 6. The van der Waals surface area contributed by atoms with Crippen molar-refractivity contribution in [2.45, 2.75) is 33.4 Å². The summed E-state index contributed by atoms with van der Waals surface area (Å²) in [4.78, 5) is 17.2. The number of nitrogens with zero attached hydrogens (tertiary/aromatic N) is 1. The Morgan fingerprint density at radius 3 is 2.57 bits per heavy atom. The zero-order valence-corrected chi connectivity index (χ0v) is 21.1. The third-order valence-corrected chi connectivity index (χ3v) is 6.49. The van der Waals surface area contributed by atoms with Gasteiger partial charge in [-0.05, 0) is 62.7 Å². The fourth-order valence-electron chi connectivity index (χ4n) is 4.67. The minimum atomic E-state index is -5.19. The maximum Gasteiger partial charge on any atom is 0.488 e. The Labute approximate surface area is 212 Å². The van der Waals surface area contributed by atoms with Gasteiger partial charge in [0.2, 0.25) is 0 Å². The summed E-state index contributed by atoms with van der Waals surface area (Å²) in [6.07, 6.45) is 5.35. The van der Waals surface area contributed by atoms with Gasteiger partial charge in [0.1, 0.15) is 17.1 Å². The SMILES string of the molecule is C#Cc1ccc2c(c1)[nH]c1c2c(=O)c2cc(OC(C)C)c(-c3cccc(OS(=O)(=O)F)c3)cc2n1CC. The molecule has 5 aromatic rings. The molecule has 0 atom stereocenters. The number of H-pyrrole nitrogens is 1. The first-order chi connectivity index (χ1) is 17.6. The number of aromatic nitrogens is 2. The van der Waals surface area contributed by atoms with Crippen LogP contribution in [0.25, 0.3) is 44.0 Å². The Balaban J connectivity index is 1.85. The summed E-state index contributed by atoms with van der Waals surface area (Å²) in [6, 6.07) is 15.0. The molecule has 37 heavy (non-hydrogen) atoms. The molecule has 0 aliphatic rings. The molecule has 0 saturated heterocycles. The highest BCUT2D eigenvalue weighted by atomic mass is 32.3. The van der Waals surface area contributed by atoms with Crippen LogP contribution in [0.4, 0.5) is 3.89 Å². The summed E-state index contributed by atoms with van der Waals surface area (Å²) in [5, 5.41) is 1.80. The summed E-state index contributed by atoms with van der Waals surface area (Å²) in [5.41, 5.74) is 3.74. The Bertz CT molecular complexity index is 1910. The maximum atomic E-state index is 13.8. The van der Waals surface area contributed by atoms with Crippen molar-refractivity contribution in [3.8, 4) is 35.0 Å². The van der Waals surface area contributed by atoms with E-state index in [0.717, 1.165) is 10.9 Å². The van der Waals surface area contributed by atoms with E-state index in [1.54, 1.807) is 24.3 Å². The summed E-state index contributed by atoms with van der Waals surface area (Å²) in [6.45, 7) is 6.24. The highest BCUT2D eigenvalue weighted by Crippen LogP contribution is 2.37. The Kier molecular flexibility index (Phi) is 5.92. The number of benzene rings is 3. The number of halogens is 1. The zero-order chi connectivity index (χ0) is 26.5. The van der Waals surface area contributed by atoms with Crippen LogP contribution >= 0.6 is 0 Å². The van der Waals surface area contributed by atoms with Gasteiger partial charge in [-0.15, -0.1) is 6.42 Å². The monoisotopic (exact) mass is 518 g/mol. The molecule has 7 nitrogen and oxygen atoms in total. The predicted molar refractivity (Wildman–Crippen MR) is 143 cm³/mol. The van der Waals surface area contributed by atoms with Gasteiger partial charge in [0.15, 0.2) is 5.43 Å². The van der Waals surface area contributed by atoms with Crippen LogP contribution in [0.15, 0.2) is 59.4 Å². The van der Waals surface area contributed by atoms with Crippen LogP contribution < -0.4 is 14.3 Å². The predicted octanol–water partition coefficient (Wildman–Crippen LogP) is 5.68. The van der Waals surface area contributed by atoms with E-state index in [9.17, 15) is 17.1 Å². The molecule has 2 heterocycles. The second-order valence-corrected chi connectivity index (χ2v) is 9.82. The molecule has 9 heteroatoms. The molecule has 0 aliphatic carbocycles. The number of aromatic amines is 1. The van der Waals surface area contributed by atoms with E-state index in [-0.39, 0.29) is 17.3 Å². The molecular weight excluding hydrogens is 495 g/mol. The molecular formula is C28H23FN2O5S. The van der Waals surface area contributed by atoms with Gasteiger partial charge in [-0.1, -0.05) is 28.0 Å². The van der Waals surface area contributed by atoms with Crippen LogP contribution in [0.5, 0.6) is 11.5 Å². The molecule has 188 valence electrons. The van der Waals surface area contributed by atoms with Gasteiger partial charge in [-0.2, -0.15) is 8.42 Å². The highest BCUT2D eigenvalue weighted by Gasteiger charge is 2.20. The molecule has 0 aliphatic heterocycles. The average molecular weight is 519 g/mol. The number of ether oxygens (including phenoxy) is 1. The number of terminal acetylenes is 1. The van der Waals surface area contributed by atoms with Gasteiger partial charge in [-0.3, -0.25) is 4.79 Å². The van der Waals surface area contributed by atoms with Crippen molar-refractivity contribution in [3.63, 3.8) is 0 Å². The summed E-state index contributed by atoms with van der Waals surface area (Å²) < 4.78 is 47.7. The molecule has 0 bridgehead atoms. The quantitative estimate of drug-likeness (QED) is 0.231. The van der Waals surface area contributed by atoms with E-state index < -0.39 is 10.5 Å². The number of nitrogens with one attached hydrogen (secondary N) is 1. The van der Waals surface area contributed by atoms with Crippen molar-refractivity contribution >= 4 is 43.3 Å². The molecule has 0 spiro atoms. The molecule has 0 radical (unpaired) electrons. The van der Waals surface area contributed by atoms with Crippen LogP contribution in [0.1, 0.15) is 26.3 Å². The van der Waals surface area contributed by atoms with Gasteiger partial charge in [0.05, 0.1) is 22.4 Å². The lowest BCUT2D eigenvalue weighted by molar-refractivity contribution is 0.244. The number of aryl methyl sites for hydroxylation is 1. The lowest BCUT2D eigenvalue weighted by Gasteiger charge is -2.18. The number of hydrogen-bond donors (Lipinski definition) is 1. The molecule has 2 aromatic heterocycles. The first kappa shape index (κ1) is 24.4. The smallest absolute Gasteiger partial charge is 0.488 e. The molecule has 5 rings (SSSR count). The molecule has 0 amide bonds. The van der Waals surface area contributed by atoms with Crippen LogP contribution in [-0.4, -0.2) is 24.1 Å². The topological polar surface area (TPSA) is 90.4 Å². The van der Waals surface area contributed by atoms with Crippen LogP contribution in [-0.2, 0) is 17.0 Å². The van der Waals surface area contributed by atoms with Gasteiger partial charge >= 0.3 is 10.5 Å². The second kappa shape index (κ2) is 8.98. The van der Waals surface area contributed by atoms with Crippen LogP contribution in [0.3, 0.4) is 0 Å². The highest BCUT2D eigenvalue weighted by molar-refractivity contribution is 7.81. The van der Waals surface area contributed by atoms with Gasteiger partial charge in [-0.25, -0.2) is 0 Å². The molecule has 3 aromatic carbocycles. The number of pyridine rings is 1. The Hall–Kier alpha value is -4.29. The van der Waals surface area contributed by atoms with E-state index in [2.05, 4.69) is 15.1 Å². The second-order valence-electron chi connectivity index (χ2n) is 8.86. The summed E-state index contributed by atoms with van der Waals surface area (Å²) in [7, 11) is -5.19. The first-order valence-electron chi connectivity index (χ1n) is 11.6. The summed E-state index contributed by atoms with van der Waals surface area (Å²) >= 11 is 0. The fourth-order valence-corrected chi connectivity index (χ4v) is 5.00. The minimum absolute atomic E-state index is 0.157. The fraction of sp³-hybridized carbons (Fsp3) is 0.179. The third kappa shape index (κ3) is 4.41. The average Bonchev–Trinajstić information content (AvgIpc) is 3.21. The van der Waals surface area contributed by atoms with E-state index in [4.69, 9.17) is 11.2 Å². The van der Waals surface area contributed by atoms with Gasteiger partial charge < -0.3 is 18.5 Å². The minimum Gasteiger partial charge on any atom is -0.490 e. The van der Waals surface area contributed by atoms with Crippen molar-refractivity contribution in [1.29, 1.82) is 0 Å². The van der Waals surface area contributed by atoms with Crippen molar-refractivity contribution in [2.24, 2.45) is 0 Å². The standard InChI is InChI=1S/C28H23FN2O5S/c1-5-17-10-11-20-23(12-17)30-28-26(20)27(32)22-15-25(35-16(3)4)21(14-24(22)31(28)6-2)18-8-7-9-19(13-18)36-37(29,33)34/h1,7-16,30H,6H2,2-4H3. The lowest BCUT2D eigenvalue weighted by Crippen LogP contribution is -2.12. The van der Waals surface area contributed by atoms with Crippen LogP contribution in [0.2, 0.25) is 0 Å². The van der Waals surface area contributed by atoms with Crippen molar-refractivity contribution < 1.29 is 21.2 Å². The molecule has 1 N–H and O–H groups in total. The normalized spacial score (nSPS) is 11.9. The van der Waals surface area contributed by atoms with Crippen molar-refractivity contribution in [3.05, 3.63) is 70.4 Å². The molecule has 0 fully saturated rings. The Morgan fingerprint density at radius 1 is 1.11 bits per heavy atom. The maximum absolute atomic E-state index is 13.8. The third-order valence-electron chi connectivity index (χ3n) is 6.10. The Morgan fingerprint density at radius 2 is 1.89 bits per heavy atom. The van der Waals surface area contributed by atoms with Gasteiger partial charge in [0.25, 0.3) is 0 Å². The zero-order valence-electron chi connectivity index (χ0n) is 20.3. The number of hydrogen-bond acceptors (Lipinski definition) is 5. The van der Waals surface area contributed by atoms with Gasteiger partial charge in [0, 0.05) is 28.6 Å². The van der Waals surface area contributed by atoms with E-state index in [0.29, 0.717) is 50.9 Å². The van der Waals surface area contributed by atoms with E-state index >= 15 is 0 Å². The van der Waals surface area contributed by atoms with Crippen molar-refractivity contribution in [1.82, 2.24) is 9.55 Å². The summed E-state index contributed by atoms with van der Waals surface area (Å²) in [5.74, 6) is 2.86. The molecule has 0 saturated carbocycles. The van der Waals surface area contributed by atoms with Crippen LogP contribution in [0, 0.1) is 12.3 Å². The van der Waals surface area contributed by atoms with E-state index in [1.165, 1.54) is 12.1 Å². The van der Waals surface area contributed by atoms with E-state index in [1.807, 2.05) is 43.5 Å². The largest absolute Gasteiger partial charge is 0.490 e. The molecule has 0 unspecified atom stereocenters. The first-order valence-corrected chi connectivity index (χ1v) is 12.9. The lowest BCUT2D eigenvalue weighted by atomic mass is 10.0. The number of fused-ring (bicyclic) bond motifs is 4. The van der Waals surface area contributed by atoms with Crippen molar-refractivity contribution in [2.75, 3.05) is 0 Å².